The molecule has 2 aromatic heterocycles. The number of unbranched alkanes of at least 4 members (excludes halogenated alkanes) is 1. The van der Waals surface area contributed by atoms with Gasteiger partial charge in [0.25, 0.3) is 0 Å². The van der Waals surface area contributed by atoms with Crippen molar-refractivity contribution < 1.29 is 4.74 Å². The fraction of sp³-hybridized carbons (Fsp3) is 0.625. The van der Waals surface area contributed by atoms with Crippen LogP contribution >= 0.6 is 11.3 Å². The van der Waals surface area contributed by atoms with Crippen molar-refractivity contribution in [2.75, 3.05) is 27.7 Å². The Labute approximate surface area is 153 Å². The molecule has 2 rings (SSSR count). The third kappa shape index (κ3) is 6.09. The predicted octanol–water partition coefficient (Wildman–Crippen LogP) is 1.93. The van der Waals surface area contributed by atoms with Crippen LogP contribution in [0.3, 0.4) is 0 Å². The van der Waals surface area contributed by atoms with Crippen molar-refractivity contribution >= 4 is 17.3 Å². The summed E-state index contributed by atoms with van der Waals surface area (Å²) >= 11 is 1.63. The van der Waals surface area contributed by atoms with Gasteiger partial charge in [0.2, 0.25) is 0 Å². The monoisotopic (exact) mass is 365 g/mol. The van der Waals surface area contributed by atoms with E-state index in [1.165, 1.54) is 0 Å². The van der Waals surface area contributed by atoms with Gasteiger partial charge in [-0.15, -0.1) is 21.5 Å². The van der Waals surface area contributed by atoms with E-state index in [1.807, 2.05) is 18.5 Å². The van der Waals surface area contributed by atoms with Gasteiger partial charge in [-0.2, -0.15) is 0 Å². The van der Waals surface area contributed by atoms with Crippen molar-refractivity contribution in [2.45, 2.75) is 39.0 Å². The summed E-state index contributed by atoms with van der Waals surface area (Å²) in [7, 11) is 5.52. The zero-order chi connectivity index (χ0) is 18.1. The quantitative estimate of drug-likeness (QED) is 0.415. The number of aliphatic imine (C=N–C) groups is 1. The Morgan fingerprint density at radius 2 is 2.16 bits per heavy atom. The maximum atomic E-state index is 5.31. The summed E-state index contributed by atoms with van der Waals surface area (Å²) in [6.07, 6.45) is 5.64. The van der Waals surface area contributed by atoms with Crippen molar-refractivity contribution in [3.8, 4) is 0 Å². The average molecular weight is 366 g/mol. The van der Waals surface area contributed by atoms with Crippen molar-refractivity contribution in [3.05, 3.63) is 28.7 Å². The van der Waals surface area contributed by atoms with E-state index < -0.39 is 0 Å². The Morgan fingerprint density at radius 1 is 1.40 bits per heavy atom. The normalized spacial score (nSPS) is 13.0. The van der Waals surface area contributed by atoms with Gasteiger partial charge in [0, 0.05) is 39.7 Å². The lowest BCUT2D eigenvalue weighted by Crippen LogP contribution is -2.39. The van der Waals surface area contributed by atoms with Crippen LogP contribution in [0.1, 0.15) is 36.6 Å². The summed E-state index contributed by atoms with van der Waals surface area (Å²) in [6.45, 7) is 4.53. The highest BCUT2D eigenvalue weighted by molar-refractivity contribution is 7.09. The molecule has 0 aliphatic rings. The van der Waals surface area contributed by atoms with E-state index in [4.69, 9.17) is 4.74 Å². The van der Waals surface area contributed by atoms with E-state index in [0.717, 1.165) is 42.6 Å². The van der Waals surface area contributed by atoms with E-state index in [1.54, 1.807) is 38.1 Å². The molecule has 2 aromatic rings. The summed E-state index contributed by atoms with van der Waals surface area (Å²) in [5.74, 6) is 0.874. The molecule has 1 N–H and O–H groups in total. The minimum absolute atomic E-state index is 0.0344. The minimum atomic E-state index is 0.0344. The smallest absolute Gasteiger partial charge is 0.193 e. The topological polar surface area (TPSA) is 80.5 Å². The Bertz CT molecular complexity index is 641. The highest BCUT2D eigenvalue weighted by Crippen LogP contribution is 2.20. The van der Waals surface area contributed by atoms with Gasteiger partial charge in [0.05, 0.1) is 12.2 Å². The summed E-state index contributed by atoms with van der Waals surface area (Å²) in [6, 6.07) is 0. The first-order chi connectivity index (χ1) is 12.1. The second-order valence-corrected chi connectivity index (χ2v) is 6.68. The first-order valence-electron chi connectivity index (χ1n) is 8.35. The molecule has 0 spiro atoms. The first kappa shape index (κ1) is 19.3. The van der Waals surface area contributed by atoms with Crippen molar-refractivity contribution in [1.82, 2.24) is 30.0 Å². The largest absolute Gasteiger partial charge is 0.375 e. The molecule has 9 heteroatoms. The van der Waals surface area contributed by atoms with E-state index in [-0.39, 0.29) is 6.10 Å². The Hall–Kier alpha value is -2.00. The fourth-order valence-electron chi connectivity index (χ4n) is 2.34. The predicted molar refractivity (Wildman–Crippen MR) is 99.6 cm³/mol. The summed E-state index contributed by atoms with van der Waals surface area (Å²) in [5, 5.41) is 14.1. The van der Waals surface area contributed by atoms with Gasteiger partial charge >= 0.3 is 0 Å². The molecule has 138 valence electrons. The van der Waals surface area contributed by atoms with Gasteiger partial charge < -0.3 is 19.5 Å². The molecule has 0 aliphatic carbocycles. The molecular formula is C16H27N7OS. The number of nitrogens with zero attached hydrogens (tertiary/aromatic N) is 6. The van der Waals surface area contributed by atoms with Gasteiger partial charge in [-0.25, -0.2) is 4.98 Å². The maximum Gasteiger partial charge on any atom is 0.193 e. The molecule has 1 unspecified atom stereocenters. The van der Waals surface area contributed by atoms with Crippen LogP contribution in [-0.2, 0) is 17.8 Å². The number of aromatic nitrogens is 4. The van der Waals surface area contributed by atoms with Gasteiger partial charge in [-0.3, -0.25) is 4.99 Å². The van der Waals surface area contributed by atoms with Crippen LogP contribution < -0.4 is 5.32 Å². The van der Waals surface area contributed by atoms with E-state index in [2.05, 4.69) is 35.8 Å². The summed E-state index contributed by atoms with van der Waals surface area (Å²) in [5.41, 5.74) is 1.03. The molecule has 0 fully saturated rings. The molecule has 0 radical (unpaired) electrons. The fourth-order valence-corrected chi connectivity index (χ4v) is 3.18. The van der Waals surface area contributed by atoms with Gasteiger partial charge in [0.15, 0.2) is 5.96 Å². The van der Waals surface area contributed by atoms with Crippen LogP contribution in [0.25, 0.3) is 0 Å². The molecule has 25 heavy (non-hydrogen) atoms. The average Bonchev–Trinajstić information content (AvgIpc) is 3.29. The lowest BCUT2D eigenvalue weighted by Gasteiger charge is -2.21. The summed E-state index contributed by atoms with van der Waals surface area (Å²) < 4.78 is 7.30. The Balaban J connectivity index is 1.72. The molecule has 1 atom stereocenters. The number of thiazole rings is 1. The van der Waals surface area contributed by atoms with E-state index in [9.17, 15) is 0 Å². The van der Waals surface area contributed by atoms with E-state index in [0.29, 0.717) is 6.54 Å². The number of hydrogen-bond donors (Lipinski definition) is 1. The number of aryl methyl sites for hydroxylation is 1. The minimum Gasteiger partial charge on any atom is -0.375 e. The number of guanidine groups is 1. The second-order valence-electron chi connectivity index (χ2n) is 5.79. The van der Waals surface area contributed by atoms with Crippen LogP contribution in [0.15, 0.2) is 23.0 Å². The Kier molecular flexibility index (Phi) is 7.80. The van der Waals surface area contributed by atoms with Crippen LogP contribution in [0.5, 0.6) is 0 Å². The van der Waals surface area contributed by atoms with Crippen molar-refractivity contribution in [3.63, 3.8) is 0 Å². The van der Waals surface area contributed by atoms with Gasteiger partial charge in [-0.05, 0) is 19.8 Å². The SMILES string of the molecule is CN=C(NCCCCn1cnnc1)N(C)Cc1csc(C(C)OC)n1. The molecular weight excluding hydrogens is 338 g/mol. The third-order valence-electron chi connectivity index (χ3n) is 3.84. The highest BCUT2D eigenvalue weighted by atomic mass is 32.1. The van der Waals surface area contributed by atoms with Crippen LogP contribution in [-0.4, -0.2) is 58.4 Å². The molecule has 0 bridgehead atoms. The van der Waals surface area contributed by atoms with E-state index >= 15 is 0 Å². The zero-order valence-corrected chi connectivity index (χ0v) is 16.2. The van der Waals surface area contributed by atoms with Crippen molar-refractivity contribution in [2.24, 2.45) is 4.99 Å². The second kappa shape index (κ2) is 10.1. The van der Waals surface area contributed by atoms with Crippen LogP contribution in [0.2, 0.25) is 0 Å². The van der Waals surface area contributed by atoms with Crippen molar-refractivity contribution in [1.29, 1.82) is 0 Å². The molecule has 2 heterocycles. The molecule has 0 aliphatic heterocycles. The molecule has 0 aromatic carbocycles. The Morgan fingerprint density at radius 3 is 2.84 bits per heavy atom. The lowest BCUT2D eigenvalue weighted by atomic mass is 10.3. The van der Waals surface area contributed by atoms with Gasteiger partial charge in [-0.1, -0.05) is 0 Å². The number of methoxy groups -OCH3 is 1. The molecule has 0 amide bonds. The molecule has 0 saturated heterocycles. The number of hydrogen-bond acceptors (Lipinski definition) is 6. The molecule has 0 saturated carbocycles. The molecule has 8 nitrogen and oxygen atoms in total. The first-order valence-corrected chi connectivity index (χ1v) is 9.23. The number of nitrogens with one attached hydrogen (secondary N) is 1. The highest BCUT2D eigenvalue weighted by Gasteiger charge is 2.12. The lowest BCUT2D eigenvalue weighted by molar-refractivity contribution is 0.119. The maximum absolute atomic E-state index is 5.31. The zero-order valence-electron chi connectivity index (χ0n) is 15.3. The standard InChI is InChI=1S/C16H27N7OS/c1-13(24-4)15-21-14(10-25-15)9-22(3)16(17-2)18-7-5-6-8-23-11-19-20-12-23/h10-13H,5-9H2,1-4H3,(H,17,18). The number of rotatable bonds is 9. The van der Waals surface area contributed by atoms with Crippen LogP contribution in [0.4, 0.5) is 0 Å². The van der Waals surface area contributed by atoms with Crippen LogP contribution in [0, 0.1) is 0 Å². The third-order valence-corrected chi connectivity index (χ3v) is 4.89. The summed E-state index contributed by atoms with van der Waals surface area (Å²) in [4.78, 5) is 11.1. The van der Waals surface area contributed by atoms with Gasteiger partial charge in [0.1, 0.15) is 23.8 Å². The number of ether oxygens (including phenoxy) is 1.